The van der Waals surface area contributed by atoms with Gasteiger partial charge in [0, 0.05) is 6.21 Å². The summed E-state index contributed by atoms with van der Waals surface area (Å²) < 4.78 is 0. The largest absolute Gasteiger partial charge is 0.323 e. The van der Waals surface area contributed by atoms with Gasteiger partial charge in [-0.3, -0.25) is 9.79 Å². The third kappa shape index (κ3) is 1.43. The standard InChI is InChI=1S/C9H9N3O/c10-6-5-11-7-3-1-2-4-8(7)12-9(6)13/h1-6H,10H2,(H,12,13). The van der Waals surface area contributed by atoms with Gasteiger partial charge < -0.3 is 11.1 Å². The van der Waals surface area contributed by atoms with Gasteiger partial charge in [0.15, 0.2) is 0 Å². The molecule has 66 valence electrons. The number of hydrogen-bond acceptors (Lipinski definition) is 3. The molecule has 1 aliphatic heterocycles. The van der Waals surface area contributed by atoms with E-state index in [-0.39, 0.29) is 5.91 Å². The number of carbonyl (C=O) groups excluding carboxylic acids is 1. The van der Waals surface area contributed by atoms with Gasteiger partial charge in [-0.1, -0.05) is 12.1 Å². The summed E-state index contributed by atoms with van der Waals surface area (Å²) in [7, 11) is 0. The number of fused-ring (bicyclic) bond motifs is 1. The van der Waals surface area contributed by atoms with Gasteiger partial charge in [0.1, 0.15) is 6.04 Å². The minimum absolute atomic E-state index is 0.228. The Kier molecular flexibility index (Phi) is 1.83. The van der Waals surface area contributed by atoms with Crippen molar-refractivity contribution in [3.63, 3.8) is 0 Å². The topological polar surface area (TPSA) is 67.5 Å². The highest BCUT2D eigenvalue weighted by atomic mass is 16.2. The average molecular weight is 175 g/mol. The van der Waals surface area contributed by atoms with Gasteiger partial charge in [-0.15, -0.1) is 0 Å². The Morgan fingerprint density at radius 3 is 3.00 bits per heavy atom. The second-order valence-corrected chi connectivity index (χ2v) is 2.81. The molecule has 1 unspecified atom stereocenters. The van der Waals surface area contributed by atoms with Crippen LogP contribution in [0.2, 0.25) is 0 Å². The van der Waals surface area contributed by atoms with Gasteiger partial charge >= 0.3 is 0 Å². The third-order valence-electron chi connectivity index (χ3n) is 1.84. The van der Waals surface area contributed by atoms with Gasteiger partial charge in [-0.25, -0.2) is 0 Å². The van der Waals surface area contributed by atoms with E-state index in [1.54, 1.807) is 6.07 Å². The van der Waals surface area contributed by atoms with Crippen molar-refractivity contribution in [2.45, 2.75) is 6.04 Å². The first-order chi connectivity index (χ1) is 6.27. The zero-order valence-electron chi connectivity index (χ0n) is 6.90. The van der Waals surface area contributed by atoms with E-state index in [0.717, 1.165) is 5.69 Å². The second-order valence-electron chi connectivity index (χ2n) is 2.81. The zero-order chi connectivity index (χ0) is 9.26. The number of aliphatic imine (C=N–C) groups is 1. The van der Waals surface area contributed by atoms with Crippen molar-refractivity contribution in [2.75, 3.05) is 5.32 Å². The first-order valence-electron chi connectivity index (χ1n) is 3.97. The predicted molar refractivity (Wildman–Crippen MR) is 51.2 cm³/mol. The average Bonchev–Trinajstić information content (AvgIpc) is 2.28. The molecule has 2 rings (SSSR count). The Hall–Kier alpha value is -1.68. The Morgan fingerprint density at radius 1 is 1.38 bits per heavy atom. The zero-order valence-corrected chi connectivity index (χ0v) is 6.90. The van der Waals surface area contributed by atoms with Crippen molar-refractivity contribution in [1.29, 1.82) is 0 Å². The summed E-state index contributed by atoms with van der Waals surface area (Å²) in [4.78, 5) is 15.3. The van der Waals surface area contributed by atoms with Crippen LogP contribution in [-0.4, -0.2) is 18.2 Å². The van der Waals surface area contributed by atoms with Crippen LogP contribution in [0.5, 0.6) is 0 Å². The van der Waals surface area contributed by atoms with E-state index in [9.17, 15) is 4.79 Å². The lowest BCUT2D eigenvalue weighted by Gasteiger charge is -2.04. The molecule has 3 N–H and O–H groups in total. The molecule has 1 heterocycles. The second kappa shape index (κ2) is 2.99. The van der Waals surface area contributed by atoms with Gasteiger partial charge in [0.05, 0.1) is 11.4 Å². The molecule has 4 nitrogen and oxygen atoms in total. The first kappa shape index (κ1) is 7.94. The van der Waals surface area contributed by atoms with E-state index in [2.05, 4.69) is 10.3 Å². The molecule has 0 saturated carbocycles. The molecule has 13 heavy (non-hydrogen) atoms. The van der Waals surface area contributed by atoms with Crippen LogP contribution < -0.4 is 11.1 Å². The Morgan fingerprint density at radius 2 is 2.15 bits per heavy atom. The summed E-state index contributed by atoms with van der Waals surface area (Å²) >= 11 is 0. The highest BCUT2D eigenvalue weighted by Gasteiger charge is 2.15. The molecule has 0 aliphatic carbocycles. The molecule has 0 aromatic heterocycles. The summed E-state index contributed by atoms with van der Waals surface area (Å²) in [5.41, 5.74) is 6.94. The van der Waals surface area contributed by atoms with E-state index in [1.807, 2.05) is 18.2 Å². The number of nitrogens with two attached hydrogens (primary N) is 1. The Labute approximate surface area is 75.5 Å². The number of hydrogen-bond donors (Lipinski definition) is 2. The molecule has 1 aromatic rings. The fourth-order valence-corrected chi connectivity index (χ4v) is 1.14. The fourth-order valence-electron chi connectivity index (χ4n) is 1.14. The number of nitrogens with one attached hydrogen (secondary N) is 1. The number of nitrogens with zero attached hydrogens (tertiary/aromatic N) is 1. The molecule has 0 radical (unpaired) electrons. The van der Waals surface area contributed by atoms with Crippen molar-refractivity contribution in [1.82, 2.24) is 0 Å². The maximum Gasteiger partial charge on any atom is 0.246 e. The van der Waals surface area contributed by atoms with Gasteiger partial charge in [0.25, 0.3) is 0 Å². The van der Waals surface area contributed by atoms with Crippen LogP contribution in [0.25, 0.3) is 0 Å². The van der Waals surface area contributed by atoms with Crippen molar-refractivity contribution in [2.24, 2.45) is 10.7 Å². The smallest absolute Gasteiger partial charge is 0.246 e. The number of amides is 1. The molecule has 1 amide bonds. The van der Waals surface area contributed by atoms with Gasteiger partial charge in [-0.2, -0.15) is 0 Å². The quantitative estimate of drug-likeness (QED) is 0.608. The highest BCUT2D eigenvalue weighted by Crippen LogP contribution is 2.25. The molecule has 0 fully saturated rings. The summed E-state index contributed by atoms with van der Waals surface area (Å²) in [5, 5.41) is 2.68. The highest BCUT2D eigenvalue weighted by molar-refractivity contribution is 6.08. The molecule has 0 bridgehead atoms. The van der Waals surface area contributed by atoms with Gasteiger partial charge in [0.2, 0.25) is 5.91 Å². The van der Waals surface area contributed by atoms with Crippen molar-refractivity contribution in [3.05, 3.63) is 24.3 Å². The SMILES string of the molecule is NC1C=Nc2ccccc2NC1=O. The van der Waals surface area contributed by atoms with E-state index in [0.29, 0.717) is 5.69 Å². The van der Waals surface area contributed by atoms with Crippen LogP contribution in [0.3, 0.4) is 0 Å². The number of carbonyl (C=O) groups is 1. The number of benzene rings is 1. The van der Waals surface area contributed by atoms with Crippen molar-refractivity contribution in [3.8, 4) is 0 Å². The fraction of sp³-hybridized carbons (Fsp3) is 0.111. The van der Waals surface area contributed by atoms with Crippen LogP contribution in [-0.2, 0) is 4.79 Å². The number of rotatable bonds is 0. The third-order valence-corrected chi connectivity index (χ3v) is 1.84. The van der Waals surface area contributed by atoms with Crippen LogP contribution >= 0.6 is 0 Å². The molecule has 1 aliphatic rings. The number of anilines is 1. The summed E-state index contributed by atoms with van der Waals surface area (Å²) in [6.07, 6.45) is 1.45. The molecule has 4 heteroatoms. The summed E-state index contributed by atoms with van der Waals surface area (Å²) in [6, 6.07) is 6.66. The molecule has 0 saturated heterocycles. The van der Waals surface area contributed by atoms with Crippen LogP contribution in [0.15, 0.2) is 29.3 Å². The lowest BCUT2D eigenvalue weighted by molar-refractivity contribution is -0.115. The summed E-state index contributed by atoms with van der Waals surface area (Å²) in [5.74, 6) is -0.228. The van der Waals surface area contributed by atoms with E-state index < -0.39 is 6.04 Å². The van der Waals surface area contributed by atoms with Crippen molar-refractivity contribution < 1.29 is 4.79 Å². The minimum atomic E-state index is -0.660. The Balaban J connectivity index is 2.46. The molecule has 1 atom stereocenters. The van der Waals surface area contributed by atoms with E-state index in [4.69, 9.17) is 5.73 Å². The molecular formula is C9H9N3O. The molecule has 1 aromatic carbocycles. The van der Waals surface area contributed by atoms with Crippen LogP contribution in [0.4, 0.5) is 11.4 Å². The first-order valence-corrected chi connectivity index (χ1v) is 3.97. The molecular weight excluding hydrogens is 166 g/mol. The monoisotopic (exact) mass is 175 g/mol. The molecule has 0 spiro atoms. The minimum Gasteiger partial charge on any atom is -0.323 e. The lowest BCUT2D eigenvalue weighted by Crippen LogP contribution is -2.35. The summed E-state index contributed by atoms with van der Waals surface area (Å²) in [6.45, 7) is 0. The van der Waals surface area contributed by atoms with Crippen LogP contribution in [0.1, 0.15) is 0 Å². The van der Waals surface area contributed by atoms with E-state index >= 15 is 0 Å². The van der Waals surface area contributed by atoms with Crippen molar-refractivity contribution >= 4 is 23.5 Å². The Bertz CT molecular complexity index is 373. The van der Waals surface area contributed by atoms with E-state index in [1.165, 1.54) is 6.21 Å². The normalized spacial score (nSPS) is 20.4. The number of para-hydroxylation sites is 2. The lowest BCUT2D eigenvalue weighted by atomic mass is 10.2. The predicted octanol–water partition coefficient (Wildman–Crippen LogP) is 0.668. The van der Waals surface area contributed by atoms with Gasteiger partial charge in [-0.05, 0) is 12.1 Å². The maximum atomic E-state index is 11.2. The maximum absolute atomic E-state index is 11.2. The van der Waals surface area contributed by atoms with Crippen LogP contribution in [0, 0.1) is 0 Å².